The zero-order chi connectivity index (χ0) is 18.0. The zero-order valence-electron chi connectivity index (χ0n) is 14.3. The zero-order valence-corrected chi connectivity index (χ0v) is 15.9. The van der Waals surface area contributed by atoms with Crippen molar-refractivity contribution in [2.75, 3.05) is 0 Å². The van der Waals surface area contributed by atoms with Crippen molar-refractivity contribution in [3.05, 3.63) is 112 Å². The van der Waals surface area contributed by atoms with Crippen molar-refractivity contribution in [2.24, 2.45) is 0 Å². The molecule has 2 nitrogen and oxygen atoms in total. The standard InChI is InChI=1S/C24H14BrNO/c25-15-11-12-16-17-6-5-13-26-23(17)24(20(16)14-15)18-7-1-3-9-21(18)27-22-10-4-2-8-19(22)24/h1-14H. The molecule has 0 N–H and O–H groups in total. The molecule has 3 aromatic carbocycles. The van der Waals surface area contributed by atoms with E-state index >= 15 is 0 Å². The predicted octanol–water partition coefficient (Wildman–Crippen LogP) is 6.31. The normalized spacial score (nSPS) is 14.7. The third kappa shape index (κ3) is 1.82. The molecule has 0 amide bonds. The monoisotopic (exact) mass is 411 g/mol. The highest BCUT2D eigenvalue weighted by Gasteiger charge is 2.52. The first-order valence-corrected chi connectivity index (χ1v) is 9.72. The Kier molecular flexibility index (Phi) is 2.98. The third-order valence-corrected chi connectivity index (χ3v) is 6.13. The minimum absolute atomic E-state index is 0.471. The lowest BCUT2D eigenvalue weighted by atomic mass is 9.68. The van der Waals surface area contributed by atoms with Crippen LogP contribution in [-0.2, 0) is 5.41 Å². The number of rotatable bonds is 0. The van der Waals surface area contributed by atoms with Crippen LogP contribution >= 0.6 is 15.9 Å². The number of benzene rings is 3. The maximum Gasteiger partial charge on any atom is 0.132 e. The minimum Gasteiger partial charge on any atom is -0.457 e. The van der Waals surface area contributed by atoms with Gasteiger partial charge in [-0.25, -0.2) is 0 Å². The van der Waals surface area contributed by atoms with E-state index in [1.807, 2.05) is 36.5 Å². The van der Waals surface area contributed by atoms with Gasteiger partial charge in [0.15, 0.2) is 0 Å². The van der Waals surface area contributed by atoms with Crippen LogP contribution in [0.15, 0.2) is 89.5 Å². The van der Waals surface area contributed by atoms with Crippen molar-refractivity contribution in [1.29, 1.82) is 0 Å². The molecule has 0 saturated carbocycles. The summed E-state index contributed by atoms with van der Waals surface area (Å²) in [4.78, 5) is 4.91. The molecule has 1 spiro atoms. The lowest BCUT2D eigenvalue weighted by Crippen LogP contribution is -2.32. The van der Waals surface area contributed by atoms with E-state index in [1.54, 1.807) is 0 Å². The summed E-state index contributed by atoms with van der Waals surface area (Å²) in [7, 11) is 0. The van der Waals surface area contributed by atoms with Crippen LogP contribution < -0.4 is 4.74 Å². The van der Waals surface area contributed by atoms with Crippen LogP contribution in [-0.4, -0.2) is 4.98 Å². The van der Waals surface area contributed by atoms with Gasteiger partial charge in [0.25, 0.3) is 0 Å². The molecule has 0 radical (unpaired) electrons. The first-order chi connectivity index (χ1) is 13.3. The molecular weight excluding hydrogens is 398 g/mol. The van der Waals surface area contributed by atoms with Crippen molar-refractivity contribution in [3.8, 4) is 22.6 Å². The van der Waals surface area contributed by atoms with Crippen molar-refractivity contribution in [3.63, 3.8) is 0 Å². The molecule has 4 aromatic rings. The van der Waals surface area contributed by atoms with Gasteiger partial charge in [-0.3, -0.25) is 4.98 Å². The van der Waals surface area contributed by atoms with Gasteiger partial charge in [-0.15, -0.1) is 0 Å². The maximum atomic E-state index is 6.28. The highest BCUT2D eigenvalue weighted by Crippen LogP contribution is 2.61. The van der Waals surface area contributed by atoms with Gasteiger partial charge in [0.2, 0.25) is 0 Å². The number of fused-ring (bicyclic) bond motifs is 9. The summed E-state index contributed by atoms with van der Waals surface area (Å²) < 4.78 is 7.35. The van der Waals surface area contributed by atoms with E-state index in [0.29, 0.717) is 0 Å². The number of pyridine rings is 1. The second-order valence-corrected chi connectivity index (χ2v) is 7.85. The predicted molar refractivity (Wildman–Crippen MR) is 109 cm³/mol. The Morgan fingerprint density at radius 1 is 0.704 bits per heavy atom. The fraction of sp³-hybridized carbons (Fsp3) is 0.0417. The molecule has 0 bridgehead atoms. The molecule has 1 aliphatic heterocycles. The summed E-state index contributed by atoms with van der Waals surface area (Å²) in [5.74, 6) is 1.78. The molecule has 0 atom stereocenters. The third-order valence-electron chi connectivity index (χ3n) is 5.64. The van der Waals surface area contributed by atoms with Gasteiger partial charge in [0, 0.05) is 27.4 Å². The quantitative estimate of drug-likeness (QED) is 0.292. The van der Waals surface area contributed by atoms with Crippen molar-refractivity contribution < 1.29 is 4.74 Å². The maximum absolute atomic E-state index is 6.28. The molecule has 3 heteroatoms. The first kappa shape index (κ1) is 15.2. The number of hydrogen-bond acceptors (Lipinski definition) is 2. The van der Waals surface area contributed by atoms with Gasteiger partial charge in [-0.05, 0) is 41.5 Å². The number of nitrogens with zero attached hydrogens (tertiary/aromatic N) is 1. The van der Waals surface area contributed by atoms with Crippen molar-refractivity contribution in [2.45, 2.75) is 5.41 Å². The molecule has 1 aliphatic carbocycles. The number of para-hydroxylation sites is 2. The number of aromatic nitrogens is 1. The molecular formula is C24H14BrNO. The van der Waals surface area contributed by atoms with Crippen LogP contribution in [0.3, 0.4) is 0 Å². The minimum atomic E-state index is -0.471. The largest absolute Gasteiger partial charge is 0.457 e. The van der Waals surface area contributed by atoms with Gasteiger partial charge in [0.05, 0.1) is 11.1 Å². The second-order valence-electron chi connectivity index (χ2n) is 6.93. The SMILES string of the molecule is Brc1ccc2c(c1)C1(c3ccccc3Oc3ccccc31)c1ncccc1-2. The van der Waals surface area contributed by atoms with Crippen LogP contribution in [0.1, 0.15) is 22.4 Å². The van der Waals surface area contributed by atoms with E-state index in [4.69, 9.17) is 9.72 Å². The van der Waals surface area contributed by atoms with E-state index in [9.17, 15) is 0 Å². The van der Waals surface area contributed by atoms with Crippen molar-refractivity contribution in [1.82, 2.24) is 4.98 Å². The molecule has 128 valence electrons. The van der Waals surface area contributed by atoms with Crippen LogP contribution in [0.5, 0.6) is 11.5 Å². The molecule has 0 fully saturated rings. The van der Waals surface area contributed by atoms with Crippen LogP contribution in [0.2, 0.25) is 0 Å². The van der Waals surface area contributed by atoms with Gasteiger partial charge < -0.3 is 4.74 Å². The molecule has 1 aromatic heterocycles. The van der Waals surface area contributed by atoms with Gasteiger partial charge in [0.1, 0.15) is 11.5 Å². The fourth-order valence-corrected chi connectivity index (χ4v) is 5.01. The van der Waals surface area contributed by atoms with E-state index < -0.39 is 5.41 Å². The van der Waals surface area contributed by atoms with E-state index in [0.717, 1.165) is 32.8 Å². The topological polar surface area (TPSA) is 22.1 Å². The Morgan fingerprint density at radius 2 is 1.41 bits per heavy atom. The molecule has 0 unspecified atom stereocenters. The molecule has 2 aliphatic rings. The average Bonchev–Trinajstić information content (AvgIpc) is 2.99. The van der Waals surface area contributed by atoms with Gasteiger partial charge >= 0.3 is 0 Å². The summed E-state index contributed by atoms with van der Waals surface area (Å²) in [5.41, 5.74) is 6.54. The second kappa shape index (κ2) is 5.30. The highest BCUT2D eigenvalue weighted by molar-refractivity contribution is 9.10. The Bertz CT molecular complexity index is 1180. The van der Waals surface area contributed by atoms with Gasteiger partial charge in [-0.2, -0.15) is 0 Å². The number of ether oxygens (including phenoxy) is 1. The lowest BCUT2D eigenvalue weighted by Gasteiger charge is -2.38. The fourth-order valence-electron chi connectivity index (χ4n) is 4.65. The summed E-state index contributed by atoms with van der Waals surface area (Å²) in [5, 5.41) is 0. The Morgan fingerprint density at radius 3 is 2.15 bits per heavy atom. The van der Waals surface area contributed by atoms with Crippen LogP contribution in [0.25, 0.3) is 11.1 Å². The van der Waals surface area contributed by atoms with Crippen LogP contribution in [0.4, 0.5) is 0 Å². The van der Waals surface area contributed by atoms with E-state index in [1.165, 1.54) is 16.7 Å². The summed E-state index contributed by atoms with van der Waals surface area (Å²) in [6.07, 6.45) is 1.89. The molecule has 0 saturated heterocycles. The smallest absolute Gasteiger partial charge is 0.132 e. The first-order valence-electron chi connectivity index (χ1n) is 8.93. The number of hydrogen-bond donors (Lipinski definition) is 0. The van der Waals surface area contributed by atoms with E-state index in [2.05, 4.69) is 64.5 Å². The summed E-state index contributed by atoms with van der Waals surface area (Å²) in [6.45, 7) is 0. The Balaban J connectivity index is 1.87. The Hall–Kier alpha value is -2.91. The highest BCUT2D eigenvalue weighted by atomic mass is 79.9. The molecule has 27 heavy (non-hydrogen) atoms. The number of halogens is 1. The van der Waals surface area contributed by atoms with E-state index in [-0.39, 0.29) is 0 Å². The molecule has 6 rings (SSSR count). The van der Waals surface area contributed by atoms with Crippen molar-refractivity contribution >= 4 is 15.9 Å². The molecule has 2 heterocycles. The average molecular weight is 412 g/mol. The van der Waals surface area contributed by atoms with Crippen LogP contribution in [0, 0.1) is 0 Å². The summed E-state index contributed by atoms with van der Waals surface area (Å²) in [6, 6.07) is 27.3. The van der Waals surface area contributed by atoms with Gasteiger partial charge in [-0.1, -0.05) is 64.5 Å². The Labute approximate surface area is 165 Å². The lowest BCUT2D eigenvalue weighted by molar-refractivity contribution is 0.434. The summed E-state index contributed by atoms with van der Waals surface area (Å²) >= 11 is 3.69.